The third-order valence-corrected chi connectivity index (χ3v) is 6.49. The molecule has 1 fully saturated rings. The number of nitrogens with one attached hydrogen (secondary N) is 1. The first-order chi connectivity index (χ1) is 16.2. The SMILES string of the molecule is Cc1nnc(N[C@H](C)c2cccc(C(F)F)c2F)c2cc(N3CCC(CN(C)C)CC3)cnc12. The highest BCUT2D eigenvalue weighted by atomic mass is 19.3. The number of fused-ring (bicyclic) bond motifs is 1. The zero-order valence-corrected chi connectivity index (χ0v) is 20.0. The lowest BCUT2D eigenvalue weighted by Gasteiger charge is -2.34. The number of aromatic nitrogens is 3. The molecule has 1 aliphatic rings. The molecule has 0 spiro atoms. The average molecular weight is 473 g/mol. The van der Waals surface area contributed by atoms with Crippen LogP contribution in [-0.2, 0) is 0 Å². The fourth-order valence-electron chi connectivity index (χ4n) is 4.67. The van der Waals surface area contributed by atoms with Crippen LogP contribution in [0.25, 0.3) is 10.9 Å². The molecule has 1 atom stereocenters. The highest BCUT2D eigenvalue weighted by Crippen LogP contribution is 2.32. The van der Waals surface area contributed by atoms with Gasteiger partial charge in [0.2, 0.25) is 0 Å². The Hall–Kier alpha value is -2.94. The van der Waals surface area contributed by atoms with E-state index in [1.165, 1.54) is 12.1 Å². The molecule has 3 aromatic rings. The molecule has 6 nitrogen and oxygen atoms in total. The molecule has 0 unspecified atom stereocenters. The number of aryl methyl sites for hydroxylation is 1. The van der Waals surface area contributed by atoms with Crippen LogP contribution in [0.5, 0.6) is 0 Å². The molecule has 34 heavy (non-hydrogen) atoms. The number of anilines is 2. The first-order valence-corrected chi connectivity index (χ1v) is 11.6. The first kappa shape index (κ1) is 24.2. The van der Waals surface area contributed by atoms with Gasteiger partial charge in [-0.05, 0) is 52.8 Å². The summed E-state index contributed by atoms with van der Waals surface area (Å²) in [4.78, 5) is 9.21. The van der Waals surface area contributed by atoms with Crippen LogP contribution in [0.2, 0.25) is 0 Å². The average Bonchev–Trinajstić information content (AvgIpc) is 2.80. The molecular weight excluding hydrogens is 441 g/mol. The Labute approximate surface area is 198 Å². The van der Waals surface area contributed by atoms with Crippen LogP contribution in [-0.4, -0.2) is 53.8 Å². The molecule has 2 aromatic heterocycles. The van der Waals surface area contributed by atoms with E-state index in [2.05, 4.69) is 44.4 Å². The van der Waals surface area contributed by atoms with Crippen molar-refractivity contribution in [1.29, 1.82) is 0 Å². The number of pyridine rings is 1. The summed E-state index contributed by atoms with van der Waals surface area (Å²) < 4.78 is 41.0. The molecule has 182 valence electrons. The largest absolute Gasteiger partial charge is 0.370 e. The van der Waals surface area contributed by atoms with Crippen LogP contribution < -0.4 is 10.2 Å². The van der Waals surface area contributed by atoms with Gasteiger partial charge in [-0.15, -0.1) is 5.10 Å². The van der Waals surface area contributed by atoms with Crippen molar-refractivity contribution in [2.45, 2.75) is 39.2 Å². The third-order valence-electron chi connectivity index (χ3n) is 6.49. The Balaban J connectivity index is 1.60. The van der Waals surface area contributed by atoms with Crippen LogP contribution in [0.3, 0.4) is 0 Å². The van der Waals surface area contributed by atoms with E-state index in [0.29, 0.717) is 22.9 Å². The van der Waals surface area contributed by atoms with Gasteiger partial charge in [-0.1, -0.05) is 18.2 Å². The van der Waals surface area contributed by atoms with Gasteiger partial charge < -0.3 is 15.1 Å². The van der Waals surface area contributed by atoms with E-state index in [1.54, 1.807) is 6.92 Å². The monoisotopic (exact) mass is 472 g/mol. The van der Waals surface area contributed by atoms with Crippen molar-refractivity contribution in [2.75, 3.05) is 43.9 Å². The summed E-state index contributed by atoms with van der Waals surface area (Å²) in [6.07, 6.45) is 1.22. The maximum atomic E-state index is 14.7. The van der Waals surface area contributed by atoms with Gasteiger partial charge in [-0.25, -0.2) is 13.2 Å². The van der Waals surface area contributed by atoms with Crippen LogP contribution in [0.4, 0.5) is 24.7 Å². The molecule has 1 aliphatic heterocycles. The zero-order chi connectivity index (χ0) is 24.4. The smallest absolute Gasteiger partial charge is 0.266 e. The molecule has 1 saturated heterocycles. The fourth-order valence-corrected chi connectivity index (χ4v) is 4.67. The molecule has 9 heteroatoms. The molecule has 0 amide bonds. The highest BCUT2D eigenvalue weighted by molar-refractivity contribution is 5.92. The van der Waals surface area contributed by atoms with Gasteiger partial charge >= 0.3 is 0 Å². The Bertz CT molecular complexity index is 1140. The Morgan fingerprint density at radius 1 is 1.15 bits per heavy atom. The van der Waals surface area contributed by atoms with Gasteiger partial charge in [0.15, 0.2) is 5.82 Å². The van der Waals surface area contributed by atoms with E-state index < -0.39 is 23.8 Å². The number of halogens is 3. The minimum atomic E-state index is -2.87. The van der Waals surface area contributed by atoms with E-state index in [4.69, 9.17) is 0 Å². The zero-order valence-electron chi connectivity index (χ0n) is 20.0. The van der Waals surface area contributed by atoms with Crippen molar-refractivity contribution >= 4 is 22.4 Å². The summed E-state index contributed by atoms with van der Waals surface area (Å²) in [6, 6.07) is 5.50. The van der Waals surface area contributed by atoms with Crippen molar-refractivity contribution in [3.8, 4) is 0 Å². The highest BCUT2D eigenvalue weighted by Gasteiger charge is 2.23. The lowest BCUT2D eigenvalue weighted by Crippen LogP contribution is -2.37. The summed E-state index contributed by atoms with van der Waals surface area (Å²) >= 11 is 0. The minimum absolute atomic E-state index is 0.153. The number of hydrogen-bond acceptors (Lipinski definition) is 6. The molecule has 0 radical (unpaired) electrons. The number of piperidine rings is 1. The lowest BCUT2D eigenvalue weighted by molar-refractivity contribution is 0.146. The second-order valence-corrected chi connectivity index (χ2v) is 9.33. The summed E-state index contributed by atoms with van der Waals surface area (Å²) in [6.45, 7) is 6.55. The molecule has 0 saturated carbocycles. The van der Waals surface area contributed by atoms with Gasteiger partial charge in [-0.3, -0.25) is 4.98 Å². The summed E-state index contributed by atoms with van der Waals surface area (Å²) in [5.41, 5.74) is 1.95. The predicted octanol–water partition coefficient (Wildman–Crippen LogP) is 5.36. The lowest BCUT2D eigenvalue weighted by atomic mass is 9.96. The van der Waals surface area contributed by atoms with Gasteiger partial charge in [0.1, 0.15) is 5.82 Å². The molecule has 1 aromatic carbocycles. The number of rotatable bonds is 7. The van der Waals surface area contributed by atoms with Gasteiger partial charge in [-0.2, -0.15) is 5.10 Å². The standard InChI is InChI=1S/C25H31F3N6/c1-15(19-6-5-7-20(22(19)26)24(27)28)30-25-21-12-18(13-29-23(21)16(2)31-32-25)34-10-8-17(9-11-34)14-33(3)4/h5-7,12-13,15,17,24H,8-11,14H2,1-4H3,(H,30,32)/t15-/m1/s1. The van der Waals surface area contributed by atoms with Crippen molar-refractivity contribution in [1.82, 2.24) is 20.1 Å². The molecule has 4 rings (SSSR count). The summed E-state index contributed by atoms with van der Waals surface area (Å²) in [7, 11) is 4.21. The quantitative estimate of drug-likeness (QED) is 0.500. The number of nitrogens with zero attached hydrogens (tertiary/aromatic N) is 5. The first-order valence-electron chi connectivity index (χ1n) is 11.6. The normalized spacial score (nSPS) is 16.0. The molecule has 0 bridgehead atoms. The van der Waals surface area contributed by atoms with E-state index in [-0.39, 0.29) is 5.56 Å². The van der Waals surface area contributed by atoms with Crippen molar-refractivity contribution in [3.05, 3.63) is 53.1 Å². The van der Waals surface area contributed by atoms with Crippen LogP contribution >= 0.6 is 0 Å². The third kappa shape index (κ3) is 5.09. The molecule has 0 aliphatic carbocycles. The minimum Gasteiger partial charge on any atom is -0.370 e. The van der Waals surface area contributed by atoms with Crippen molar-refractivity contribution < 1.29 is 13.2 Å². The van der Waals surface area contributed by atoms with Crippen molar-refractivity contribution in [3.63, 3.8) is 0 Å². The topological polar surface area (TPSA) is 57.2 Å². The maximum absolute atomic E-state index is 14.7. The molecular formula is C25H31F3N6. The maximum Gasteiger partial charge on any atom is 0.266 e. The van der Waals surface area contributed by atoms with E-state index in [9.17, 15) is 13.2 Å². The molecule has 3 heterocycles. The second kappa shape index (κ2) is 10.1. The Morgan fingerprint density at radius 2 is 1.85 bits per heavy atom. The predicted molar refractivity (Wildman–Crippen MR) is 129 cm³/mol. The fraction of sp³-hybridized carbons (Fsp3) is 0.480. The second-order valence-electron chi connectivity index (χ2n) is 9.33. The Kier molecular flexibility index (Phi) is 7.21. The van der Waals surface area contributed by atoms with Crippen LogP contribution in [0.1, 0.15) is 49.1 Å². The molecule has 1 N–H and O–H groups in total. The summed E-state index contributed by atoms with van der Waals surface area (Å²) in [5.74, 6) is 0.234. The van der Waals surface area contributed by atoms with Crippen LogP contribution in [0.15, 0.2) is 30.5 Å². The van der Waals surface area contributed by atoms with E-state index >= 15 is 0 Å². The van der Waals surface area contributed by atoms with E-state index in [1.807, 2.05) is 19.2 Å². The van der Waals surface area contributed by atoms with E-state index in [0.717, 1.165) is 49.6 Å². The van der Waals surface area contributed by atoms with Crippen LogP contribution in [0, 0.1) is 18.7 Å². The number of alkyl halides is 2. The number of hydrogen-bond donors (Lipinski definition) is 1. The van der Waals surface area contributed by atoms with Gasteiger partial charge in [0.05, 0.1) is 34.7 Å². The number of benzene rings is 1. The van der Waals surface area contributed by atoms with Crippen molar-refractivity contribution in [2.24, 2.45) is 5.92 Å². The summed E-state index contributed by atoms with van der Waals surface area (Å²) in [5, 5.41) is 12.4. The Morgan fingerprint density at radius 3 is 2.53 bits per heavy atom. The van der Waals surface area contributed by atoms with Gasteiger partial charge in [0.25, 0.3) is 6.43 Å². The van der Waals surface area contributed by atoms with Gasteiger partial charge in [0, 0.05) is 30.6 Å².